The molecule has 0 rings (SSSR count). The number of ketones is 1. The lowest BCUT2D eigenvalue weighted by Gasteiger charge is -2.02. The molecule has 0 aliphatic carbocycles. The number of carbonyl (C=O) groups excluding carboxylic acids is 2. The predicted octanol–water partition coefficient (Wildman–Crippen LogP) is 0.589. The molecule has 0 saturated heterocycles. The average molecular weight is 206 g/mol. The van der Waals surface area contributed by atoms with E-state index in [9.17, 15) is 9.59 Å². The lowest BCUT2D eigenvalue weighted by molar-refractivity contribution is -0.137. The first-order valence-electron chi connectivity index (χ1n) is 3.78. The van der Waals surface area contributed by atoms with E-state index in [1.165, 1.54) is 6.92 Å². The van der Waals surface area contributed by atoms with E-state index in [0.717, 1.165) is 6.08 Å². The van der Waals surface area contributed by atoms with Gasteiger partial charge in [0.15, 0.2) is 5.78 Å². The van der Waals surface area contributed by atoms with Gasteiger partial charge in [-0.3, -0.25) is 4.79 Å². The molecule has 0 heterocycles. The number of hydrogen-bond acceptors (Lipinski definition) is 4. The zero-order chi connectivity index (χ0) is 10.4. The molecular weight excluding hydrogens is 194 g/mol. The molecule has 74 valence electrons. The molecule has 0 aromatic rings. The maximum atomic E-state index is 11.0. The van der Waals surface area contributed by atoms with Gasteiger partial charge in [0.2, 0.25) is 0 Å². The highest BCUT2D eigenvalue weighted by molar-refractivity contribution is 6.33. The first-order valence-corrected chi connectivity index (χ1v) is 4.21. The molecule has 0 radical (unpaired) electrons. The van der Waals surface area contributed by atoms with Crippen molar-refractivity contribution in [3.63, 3.8) is 0 Å². The largest absolute Gasteiger partial charge is 0.463 e. The summed E-state index contributed by atoms with van der Waals surface area (Å²) >= 11 is 5.32. The second-order valence-corrected chi connectivity index (χ2v) is 2.82. The number of alkyl halides is 1. The van der Waals surface area contributed by atoms with Crippen LogP contribution in [0.4, 0.5) is 0 Å². The Morgan fingerprint density at radius 2 is 2.15 bits per heavy atom. The number of nitrogens with two attached hydrogens (primary N) is 1. The van der Waals surface area contributed by atoms with Gasteiger partial charge in [0.25, 0.3) is 0 Å². The molecule has 0 amide bonds. The third kappa shape index (κ3) is 4.65. The van der Waals surface area contributed by atoms with Gasteiger partial charge in [0.05, 0.1) is 6.61 Å². The van der Waals surface area contributed by atoms with Crippen LogP contribution in [0.1, 0.15) is 13.8 Å². The summed E-state index contributed by atoms with van der Waals surface area (Å²) in [6, 6.07) is 0. The van der Waals surface area contributed by atoms with Gasteiger partial charge < -0.3 is 10.5 Å². The fraction of sp³-hybridized carbons (Fsp3) is 0.500. The third-order valence-electron chi connectivity index (χ3n) is 1.26. The second kappa shape index (κ2) is 5.72. The van der Waals surface area contributed by atoms with Crippen molar-refractivity contribution in [3.05, 3.63) is 11.6 Å². The normalized spacial score (nSPS) is 13.7. The highest BCUT2D eigenvalue weighted by atomic mass is 35.5. The number of rotatable bonds is 4. The van der Waals surface area contributed by atoms with Crippen molar-refractivity contribution in [2.45, 2.75) is 19.3 Å². The van der Waals surface area contributed by atoms with E-state index < -0.39 is 17.3 Å². The third-order valence-corrected chi connectivity index (χ3v) is 1.46. The van der Waals surface area contributed by atoms with Crippen LogP contribution >= 0.6 is 11.6 Å². The first-order chi connectivity index (χ1) is 5.99. The highest BCUT2D eigenvalue weighted by Crippen LogP contribution is 2.01. The number of esters is 1. The number of Topliss-reactive ketones (excluding diaryl/α,β-unsaturated/α-hetero) is 1. The number of halogens is 1. The van der Waals surface area contributed by atoms with Gasteiger partial charge in [-0.05, 0) is 13.8 Å². The maximum absolute atomic E-state index is 11.0. The van der Waals surface area contributed by atoms with Gasteiger partial charge in [-0.25, -0.2) is 4.79 Å². The van der Waals surface area contributed by atoms with Crippen LogP contribution in [0.15, 0.2) is 11.6 Å². The fourth-order valence-corrected chi connectivity index (χ4v) is 0.821. The fourth-order valence-electron chi connectivity index (χ4n) is 0.649. The first kappa shape index (κ1) is 12.1. The summed E-state index contributed by atoms with van der Waals surface area (Å²) in [5.74, 6) is -1.04. The molecular formula is C8H12ClNO3. The second-order valence-electron chi connectivity index (χ2n) is 2.35. The SMILES string of the molecule is CCOC(=O)/C=C(\C)C(=O)C(N)Cl. The average Bonchev–Trinajstić information content (AvgIpc) is 2.03. The zero-order valence-electron chi connectivity index (χ0n) is 7.54. The summed E-state index contributed by atoms with van der Waals surface area (Å²) in [4.78, 5) is 21.9. The Kier molecular flexibility index (Phi) is 5.34. The smallest absolute Gasteiger partial charge is 0.331 e. The van der Waals surface area contributed by atoms with Crippen LogP contribution in [-0.2, 0) is 14.3 Å². The summed E-state index contributed by atoms with van der Waals surface area (Å²) in [6.45, 7) is 3.40. The predicted molar refractivity (Wildman–Crippen MR) is 49.2 cm³/mol. The molecule has 0 fully saturated rings. The van der Waals surface area contributed by atoms with Gasteiger partial charge >= 0.3 is 5.97 Å². The zero-order valence-corrected chi connectivity index (χ0v) is 8.30. The summed E-state index contributed by atoms with van der Waals surface area (Å²) in [7, 11) is 0. The van der Waals surface area contributed by atoms with Crippen LogP contribution in [-0.4, -0.2) is 23.9 Å². The lowest BCUT2D eigenvalue weighted by atomic mass is 10.2. The van der Waals surface area contributed by atoms with Gasteiger partial charge in [0, 0.05) is 11.6 Å². The number of ether oxygens (including phenoxy) is 1. The van der Waals surface area contributed by atoms with Crippen LogP contribution in [0.5, 0.6) is 0 Å². The molecule has 0 saturated carbocycles. The van der Waals surface area contributed by atoms with Crippen molar-refractivity contribution in [1.82, 2.24) is 0 Å². The maximum Gasteiger partial charge on any atom is 0.331 e. The molecule has 0 bridgehead atoms. The Morgan fingerprint density at radius 3 is 2.54 bits per heavy atom. The molecule has 4 nitrogen and oxygen atoms in total. The molecule has 13 heavy (non-hydrogen) atoms. The Bertz CT molecular complexity index is 236. The molecule has 5 heteroatoms. The summed E-state index contributed by atoms with van der Waals surface area (Å²) < 4.78 is 4.59. The lowest BCUT2D eigenvalue weighted by Crippen LogP contribution is -2.25. The number of hydrogen-bond donors (Lipinski definition) is 1. The monoisotopic (exact) mass is 205 g/mol. The van der Waals surface area contributed by atoms with Crippen LogP contribution < -0.4 is 5.73 Å². The minimum atomic E-state index is -1.11. The summed E-state index contributed by atoms with van der Waals surface area (Å²) in [5, 5.41) is 0. The Balaban J connectivity index is 4.31. The quantitative estimate of drug-likeness (QED) is 0.316. The van der Waals surface area contributed by atoms with Crippen LogP contribution in [0.25, 0.3) is 0 Å². The van der Waals surface area contributed by atoms with E-state index in [0.29, 0.717) is 0 Å². The Hall–Kier alpha value is -0.870. The van der Waals surface area contributed by atoms with Gasteiger partial charge in [-0.15, -0.1) is 0 Å². The molecule has 0 aliphatic heterocycles. The molecule has 2 N–H and O–H groups in total. The minimum Gasteiger partial charge on any atom is -0.463 e. The van der Waals surface area contributed by atoms with E-state index >= 15 is 0 Å². The van der Waals surface area contributed by atoms with Gasteiger partial charge in [-0.2, -0.15) is 0 Å². The van der Waals surface area contributed by atoms with E-state index in [2.05, 4.69) is 4.74 Å². The van der Waals surface area contributed by atoms with Gasteiger partial charge in [-0.1, -0.05) is 11.6 Å². The molecule has 0 aromatic carbocycles. The summed E-state index contributed by atoms with van der Waals surface area (Å²) in [5.41, 5.74) is 4.20. The van der Waals surface area contributed by atoms with Crippen molar-refractivity contribution in [1.29, 1.82) is 0 Å². The molecule has 0 aromatic heterocycles. The molecule has 0 spiro atoms. The Morgan fingerprint density at radius 1 is 1.62 bits per heavy atom. The molecule has 1 unspecified atom stereocenters. The van der Waals surface area contributed by atoms with E-state index in [1.807, 2.05) is 0 Å². The van der Waals surface area contributed by atoms with Crippen molar-refractivity contribution in [3.8, 4) is 0 Å². The van der Waals surface area contributed by atoms with Crippen molar-refractivity contribution in [2.75, 3.05) is 6.61 Å². The standard InChI is InChI=1S/C8H12ClNO3/c1-3-13-6(11)4-5(2)7(12)8(9)10/h4,8H,3,10H2,1-2H3/b5-4+. The van der Waals surface area contributed by atoms with Crippen LogP contribution in [0.2, 0.25) is 0 Å². The van der Waals surface area contributed by atoms with E-state index in [-0.39, 0.29) is 12.2 Å². The van der Waals surface area contributed by atoms with E-state index in [4.69, 9.17) is 17.3 Å². The van der Waals surface area contributed by atoms with Gasteiger partial charge in [0.1, 0.15) is 5.50 Å². The molecule has 1 atom stereocenters. The van der Waals surface area contributed by atoms with Crippen molar-refractivity contribution in [2.24, 2.45) is 5.73 Å². The molecule has 0 aliphatic rings. The van der Waals surface area contributed by atoms with E-state index in [1.54, 1.807) is 6.92 Å². The topological polar surface area (TPSA) is 69.4 Å². The van der Waals surface area contributed by atoms with Crippen molar-refractivity contribution >= 4 is 23.4 Å². The minimum absolute atomic E-state index is 0.195. The highest BCUT2D eigenvalue weighted by Gasteiger charge is 2.12. The number of carbonyl (C=O) groups is 2. The van der Waals surface area contributed by atoms with Crippen LogP contribution in [0.3, 0.4) is 0 Å². The van der Waals surface area contributed by atoms with Crippen LogP contribution in [0, 0.1) is 0 Å². The Labute approximate surface area is 81.7 Å². The van der Waals surface area contributed by atoms with Crippen molar-refractivity contribution < 1.29 is 14.3 Å². The summed E-state index contributed by atoms with van der Waals surface area (Å²) in [6.07, 6.45) is 1.08.